The third-order valence-electron chi connectivity index (χ3n) is 3.40. The molecular formula is C14H18F2N2O2. The first kappa shape index (κ1) is 14.7. The third kappa shape index (κ3) is 2.89. The number of nitrogens with zero attached hydrogens (tertiary/aromatic N) is 2. The van der Waals surface area contributed by atoms with Gasteiger partial charge in [0.15, 0.2) is 0 Å². The van der Waals surface area contributed by atoms with E-state index < -0.39 is 17.6 Å². The van der Waals surface area contributed by atoms with Gasteiger partial charge in [0.25, 0.3) is 0 Å². The summed E-state index contributed by atoms with van der Waals surface area (Å²) in [5, 5.41) is 9.27. The molecule has 1 amide bonds. The zero-order chi connectivity index (χ0) is 15.1. The summed E-state index contributed by atoms with van der Waals surface area (Å²) < 4.78 is 25.7. The predicted octanol–water partition coefficient (Wildman–Crippen LogP) is 3.88. The molecule has 20 heavy (non-hydrogen) atoms. The minimum absolute atomic E-state index is 0.179. The predicted molar refractivity (Wildman–Crippen MR) is 71.4 cm³/mol. The molecule has 0 aliphatic heterocycles. The summed E-state index contributed by atoms with van der Waals surface area (Å²) in [6, 6.07) is 3.26. The standard InChI is InChI=1S/C14H18F2N2O2/c1-13(2,3)18(12(19)20)10-4-5-11(17-8-10)9-6-14(15,16)7-9/h4-5,8-9H,6-7H2,1-3H3,(H,19,20). The highest BCUT2D eigenvalue weighted by atomic mass is 19.3. The summed E-state index contributed by atoms with van der Waals surface area (Å²) in [5.41, 5.74) is 0.442. The Labute approximate surface area is 116 Å². The van der Waals surface area contributed by atoms with Gasteiger partial charge in [-0.1, -0.05) is 0 Å². The number of alkyl halides is 2. The molecule has 0 unspecified atom stereocenters. The van der Waals surface area contributed by atoms with Gasteiger partial charge >= 0.3 is 6.09 Å². The number of carboxylic acid groups (broad SMARTS) is 1. The van der Waals surface area contributed by atoms with Gasteiger partial charge in [0, 0.05) is 30.0 Å². The molecule has 1 aliphatic carbocycles. The van der Waals surface area contributed by atoms with Crippen LogP contribution in [0.2, 0.25) is 0 Å². The van der Waals surface area contributed by atoms with Gasteiger partial charge in [-0.2, -0.15) is 0 Å². The second-order valence-corrected chi connectivity index (χ2v) is 6.19. The molecular weight excluding hydrogens is 266 g/mol. The summed E-state index contributed by atoms with van der Waals surface area (Å²) in [6.07, 6.45) is 0.00969. The molecule has 1 aromatic rings. The van der Waals surface area contributed by atoms with Gasteiger partial charge < -0.3 is 5.11 Å². The molecule has 6 heteroatoms. The lowest BCUT2D eigenvalue weighted by Crippen LogP contribution is -2.45. The monoisotopic (exact) mass is 284 g/mol. The summed E-state index contributed by atoms with van der Waals surface area (Å²) in [7, 11) is 0. The first-order chi connectivity index (χ1) is 9.10. The minimum Gasteiger partial charge on any atom is -0.465 e. The van der Waals surface area contributed by atoms with E-state index in [9.17, 15) is 18.7 Å². The lowest BCUT2D eigenvalue weighted by atomic mass is 9.79. The molecule has 1 fully saturated rings. The van der Waals surface area contributed by atoms with E-state index in [1.165, 1.54) is 11.1 Å². The van der Waals surface area contributed by atoms with Crippen molar-refractivity contribution in [2.75, 3.05) is 4.90 Å². The fourth-order valence-corrected chi connectivity index (χ4v) is 2.43. The van der Waals surface area contributed by atoms with Crippen molar-refractivity contribution >= 4 is 11.8 Å². The van der Waals surface area contributed by atoms with Crippen LogP contribution in [0.15, 0.2) is 18.3 Å². The maximum atomic E-state index is 12.8. The highest BCUT2D eigenvalue weighted by molar-refractivity contribution is 5.87. The Hall–Kier alpha value is -1.72. The Morgan fingerprint density at radius 2 is 2.00 bits per heavy atom. The maximum absolute atomic E-state index is 12.8. The van der Waals surface area contributed by atoms with E-state index in [2.05, 4.69) is 4.98 Å². The van der Waals surface area contributed by atoms with Gasteiger partial charge in [0.05, 0.1) is 11.9 Å². The normalized spacial score (nSPS) is 18.4. The van der Waals surface area contributed by atoms with Crippen LogP contribution in [0.25, 0.3) is 0 Å². The summed E-state index contributed by atoms with van der Waals surface area (Å²) in [6.45, 7) is 5.34. The summed E-state index contributed by atoms with van der Waals surface area (Å²) >= 11 is 0. The van der Waals surface area contributed by atoms with Crippen LogP contribution in [-0.2, 0) is 0 Å². The number of amides is 1. The van der Waals surface area contributed by atoms with Crippen LogP contribution in [-0.4, -0.2) is 27.6 Å². The van der Waals surface area contributed by atoms with Crippen molar-refractivity contribution in [1.82, 2.24) is 4.98 Å². The van der Waals surface area contributed by atoms with Crippen molar-refractivity contribution in [2.24, 2.45) is 0 Å². The van der Waals surface area contributed by atoms with E-state index in [4.69, 9.17) is 0 Å². The molecule has 1 aliphatic rings. The fourth-order valence-electron chi connectivity index (χ4n) is 2.43. The van der Waals surface area contributed by atoms with Gasteiger partial charge in [-0.15, -0.1) is 0 Å². The Kier molecular flexibility index (Phi) is 3.44. The van der Waals surface area contributed by atoms with Gasteiger partial charge in [-0.05, 0) is 32.9 Å². The van der Waals surface area contributed by atoms with Crippen molar-refractivity contribution in [2.45, 2.75) is 51.0 Å². The zero-order valence-corrected chi connectivity index (χ0v) is 11.7. The summed E-state index contributed by atoms with van der Waals surface area (Å²) in [5.74, 6) is -2.81. The smallest absolute Gasteiger partial charge is 0.412 e. The fraction of sp³-hybridized carbons (Fsp3) is 0.571. The molecule has 4 nitrogen and oxygen atoms in total. The Morgan fingerprint density at radius 1 is 1.40 bits per heavy atom. The molecule has 0 saturated heterocycles. The number of aromatic nitrogens is 1. The van der Waals surface area contributed by atoms with E-state index in [1.807, 2.05) is 0 Å². The van der Waals surface area contributed by atoms with Crippen LogP contribution in [0, 0.1) is 0 Å². The second kappa shape index (κ2) is 4.68. The van der Waals surface area contributed by atoms with Crippen LogP contribution < -0.4 is 4.90 Å². The average Bonchev–Trinajstić information content (AvgIpc) is 2.24. The minimum atomic E-state index is -2.58. The van der Waals surface area contributed by atoms with E-state index in [1.54, 1.807) is 32.9 Å². The highest BCUT2D eigenvalue weighted by Gasteiger charge is 2.46. The van der Waals surface area contributed by atoms with Gasteiger partial charge in [0.2, 0.25) is 5.92 Å². The first-order valence-electron chi connectivity index (χ1n) is 6.47. The number of rotatable bonds is 2. The SMILES string of the molecule is CC(C)(C)N(C(=O)O)c1ccc(C2CC(F)(F)C2)nc1. The maximum Gasteiger partial charge on any atom is 0.412 e. The number of anilines is 1. The van der Waals surface area contributed by atoms with Crippen LogP contribution in [0.1, 0.15) is 45.2 Å². The zero-order valence-electron chi connectivity index (χ0n) is 11.7. The first-order valence-corrected chi connectivity index (χ1v) is 6.47. The van der Waals surface area contributed by atoms with Crippen LogP contribution in [0.4, 0.5) is 19.3 Å². The molecule has 1 heterocycles. The second-order valence-electron chi connectivity index (χ2n) is 6.19. The molecule has 1 saturated carbocycles. The van der Waals surface area contributed by atoms with Crippen molar-refractivity contribution in [3.8, 4) is 0 Å². The van der Waals surface area contributed by atoms with Crippen LogP contribution >= 0.6 is 0 Å². The van der Waals surface area contributed by atoms with Crippen molar-refractivity contribution in [3.05, 3.63) is 24.0 Å². The molecule has 1 N–H and O–H groups in total. The van der Waals surface area contributed by atoms with Gasteiger partial charge in [0.1, 0.15) is 0 Å². The number of hydrogen-bond acceptors (Lipinski definition) is 2. The van der Waals surface area contributed by atoms with Gasteiger partial charge in [-0.25, -0.2) is 13.6 Å². The number of hydrogen-bond donors (Lipinski definition) is 1. The topological polar surface area (TPSA) is 53.4 Å². The lowest BCUT2D eigenvalue weighted by molar-refractivity contribution is -0.0876. The molecule has 0 radical (unpaired) electrons. The number of halogens is 2. The number of carbonyl (C=O) groups is 1. The van der Waals surface area contributed by atoms with Crippen LogP contribution in [0.5, 0.6) is 0 Å². The van der Waals surface area contributed by atoms with Gasteiger partial charge in [-0.3, -0.25) is 9.88 Å². The summed E-state index contributed by atoms with van der Waals surface area (Å²) in [4.78, 5) is 16.7. The van der Waals surface area contributed by atoms with E-state index in [0.29, 0.717) is 11.4 Å². The highest BCUT2D eigenvalue weighted by Crippen LogP contribution is 2.47. The van der Waals surface area contributed by atoms with Crippen molar-refractivity contribution < 1.29 is 18.7 Å². The van der Waals surface area contributed by atoms with Crippen molar-refractivity contribution in [1.29, 1.82) is 0 Å². The Morgan fingerprint density at radius 3 is 2.35 bits per heavy atom. The van der Waals surface area contributed by atoms with E-state index >= 15 is 0 Å². The molecule has 0 aromatic carbocycles. The quantitative estimate of drug-likeness (QED) is 0.896. The molecule has 1 aromatic heterocycles. The van der Waals surface area contributed by atoms with E-state index in [-0.39, 0.29) is 18.8 Å². The Bertz CT molecular complexity index is 501. The largest absolute Gasteiger partial charge is 0.465 e. The molecule has 0 spiro atoms. The molecule has 0 bridgehead atoms. The number of pyridine rings is 1. The molecule has 0 atom stereocenters. The van der Waals surface area contributed by atoms with E-state index in [0.717, 1.165) is 0 Å². The lowest BCUT2D eigenvalue weighted by Gasteiger charge is -2.35. The third-order valence-corrected chi connectivity index (χ3v) is 3.40. The Balaban J connectivity index is 2.17. The molecule has 110 valence electrons. The van der Waals surface area contributed by atoms with Crippen LogP contribution in [0.3, 0.4) is 0 Å². The average molecular weight is 284 g/mol. The van der Waals surface area contributed by atoms with Crippen molar-refractivity contribution in [3.63, 3.8) is 0 Å². The molecule has 2 rings (SSSR count).